The lowest BCUT2D eigenvalue weighted by Gasteiger charge is -2.16. The van der Waals surface area contributed by atoms with Crippen LogP contribution in [0.15, 0.2) is 115 Å². The van der Waals surface area contributed by atoms with E-state index >= 15 is 0 Å². The molecule has 5 aromatic rings. The van der Waals surface area contributed by atoms with E-state index in [-0.39, 0.29) is 56.9 Å². The average Bonchev–Trinajstić information content (AvgIpc) is 3.64. The molecule has 68 heavy (non-hydrogen) atoms. The number of unbranched alkanes of at least 4 members (excludes halogenated alkanes) is 3. The van der Waals surface area contributed by atoms with Gasteiger partial charge in [0.15, 0.2) is 0 Å². The number of ether oxygens (including phenoxy) is 3. The van der Waals surface area contributed by atoms with Crippen LogP contribution in [0.4, 0.5) is 52.4 Å². The summed E-state index contributed by atoms with van der Waals surface area (Å²) in [5, 5.41) is 30.9. The molecule has 5 aromatic carbocycles. The number of nitriles is 1. The van der Waals surface area contributed by atoms with E-state index in [0.29, 0.717) is 47.8 Å². The predicted molar refractivity (Wildman–Crippen MR) is 261 cm³/mol. The van der Waals surface area contributed by atoms with E-state index in [0.717, 1.165) is 65.5 Å². The van der Waals surface area contributed by atoms with E-state index in [4.69, 9.17) is 19.5 Å². The minimum absolute atomic E-state index is 0.0712. The molecule has 1 unspecified atom stereocenters. The lowest BCUT2D eigenvalue weighted by atomic mass is 9.90. The van der Waals surface area contributed by atoms with Crippen LogP contribution >= 0.6 is 0 Å². The summed E-state index contributed by atoms with van der Waals surface area (Å²) in [7, 11) is 0. The second kappa shape index (κ2) is 26.0. The number of benzene rings is 5. The molecular formula is C51H57N9O8. The molecule has 8 N–H and O–H groups in total. The maximum Gasteiger partial charge on any atom is 0.411 e. The van der Waals surface area contributed by atoms with Gasteiger partial charge >= 0.3 is 30.3 Å². The van der Waals surface area contributed by atoms with Crippen LogP contribution in [0.25, 0.3) is 11.1 Å². The number of amides is 8. The first kappa shape index (κ1) is 49.2. The minimum atomic E-state index is -0.621. The second-order valence-electron chi connectivity index (χ2n) is 15.9. The molecule has 0 aliphatic heterocycles. The largest absolute Gasteiger partial charge is 0.449 e. The maximum absolute atomic E-state index is 12.9. The molecule has 0 fully saturated rings. The Bertz CT molecular complexity index is 2510. The van der Waals surface area contributed by atoms with Gasteiger partial charge in [-0.05, 0) is 113 Å². The molecule has 17 nitrogen and oxygen atoms in total. The summed E-state index contributed by atoms with van der Waals surface area (Å²) in [5.74, 6) is 0.0712. The predicted octanol–water partition coefficient (Wildman–Crippen LogP) is 10.6. The summed E-state index contributed by atoms with van der Waals surface area (Å²) in [5.41, 5.74) is 9.10. The Morgan fingerprint density at radius 1 is 0.529 bits per heavy atom. The van der Waals surface area contributed by atoms with Crippen LogP contribution in [0.5, 0.6) is 0 Å². The second-order valence-corrected chi connectivity index (χ2v) is 15.9. The van der Waals surface area contributed by atoms with Crippen molar-refractivity contribution < 1.29 is 38.2 Å². The summed E-state index contributed by atoms with van der Waals surface area (Å²) in [4.78, 5) is 62.5. The van der Waals surface area contributed by atoms with Crippen molar-refractivity contribution in [3.05, 3.63) is 138 Å². The summed E-state index contributed by atoms with van der Waals surface area (Å²) in [6.45, 7) is 3.40. The molecule has 8 amide bonds. The third-order valence-corrected chi connectivity index (χ3v) is 10.9. The molecule has 0 aromatic heterocycles. The fourth-order valence-corrected chi connectivity index (χ4v) is 7.52. The number of nitrogens with zero attached hydrogens (tertiary/aromatic N) is 1. The minimum Gasteiger partial charge on any atom is -0.449 e. The molecule has 1 aliphatic carbocycles. The van der Waals surface area contributed by atoms with Crippen LogP contribution in [0, 0.1) is 11.5 Å². The third kappa shape index (κ3) is 15.7. The van der Waals surface area contributed by atoms with Gasteiger partial charge in [-0.3, -0.25) is 10.6 Å². The highest BCUT2D eigenvalue weighted by molar-refractivity contribution is 5.93. The summed E-state index contributed by atoms with van der Waals surface area (Å²) >= 11 is 0. The number of para-hydroxylation sites is 1. The van der Waals surface area contributed by atoms with Crippen LogP contribution in [0.1, 0.15) is 80.0 Å². The van der Waals surface area contributed by atoms with Crippen molar-refractivity contribution in [2.75, 3.05) is 52.9 Å². The lowest BCUT2D eigenvalue weighted by molar-refractivity contribution is 0.159. The van der Waals surface area contributed by atoms with Gasteiger partial charge in [0.05, 0.1) is 13.2 Å². The van der Waals surface area contributed by atoms with E-state index in [2.05, 4.69) is 49.5 Å². The van der Waals surface area contributed by atoms with Gasteiger partial charge in [0.1, 0.15) is 6.61 Å². The van der Waals surface area contributed by atoms with Gasteiger partial charge in [-0.25, -0.2) is 24.0 Å². The first-order valence-corrected chi connectivity index (χ1v) is 22.7. The van der Waals surface area contributed by atoms with Crippen LogP contribution in [0.2, 0.25) is 0 Å². The molecule has 0 heterocycles. The van der Waals surface area contributed by atoms with Crippen LogP contribution in [0.3, 0.4) is 0 Å². The molecule has 0 saturated heterocycles. The molecule has 0 bridgehead atoms. The van der Waals surface area contributed by atoms with Crippen molar-refractivity contribution in [1.29, 1.82) is 5.26 Å². The SMILES string of the molecule is CCCCCCC1c2cc(NC(=O)NCCCOC(=O)Nc3ccc(CNC(=O)Nc4ccccc4)cc3)ccc2-c2ccc(NC(=O)NCCCOC(=O)Nc3ccc(COC#N)cc3)cc21. The van der Waals surface area contributed by atoms with E-state index in [1.54, 1.807) is 66.9 Å². The summed E-state index contributed by atoms with van der Waals surface area (Å²) in [6, 6.07) is 33.7. The first-order chi connectivity index (χ1) is 33.2. The Kier molecular flexibility index (Phi) is 18.8. The number of carbonyl (C=O) groups excluding carboxylic acids is 5. The van der Waals surface area contributed by atoms with E-state index in [1.807, 2.05) is 54.6 Å². The standard InChI is InChI=1S/C51H57N9O8/c1-2-3-4-8-13-42-45-30-40(57-47(61)53-26-9-28-67-50(64)59-38-18-14-35(15-19-38)32-55-49(63)56-37-11-6-5-7-12-37)22-24-43(45)44-25-23-41(31-46(42)44)58-48(62)54-27-10-29-68-51(65)60-39-20-16-36(17-21-39)33-66-34-52/h5-7,11-12,14-25,30-31,42H,2-4,8-10,13,26-29,32-33H2,1H3,(H,59,64)(H,60,65)(H2,53,57,61)(H2,54,58,62)(H2,55,56,63). The molecule has 0 saturated carbocycles. The summed E-state index contributed by atoms with van der Waals surface area (Å²) in [6.07, 6.45) is 6.48. The van der Waals surface area contributed by atoms with Gasteiger partial charge in [-0.1, -0.05) is 87.2 Å². The molecule has 0 spiro atoms. The van der Waals surface area contributed by atoms with Crippen molar-refractivity contribution in [1.82, 2.24) is 16.0 Å². The number of fused-ring (bicyclic) bond motifs is 3. The number of anilines is 5. The van der Waals surface area contributed by atoms with Gasteiger partial charge in [-0.15, -0.1) is 0 Å². The number of rotatable bonds is 22. The van der Waals surface area contributed by atoms with Gasteiger partial charge in [-0.2, -0.15) is 5.26 Å². The smallest absolute Gasteiger partial charge is 0.411 e. The van der Waals surface area contributed by atoms with Gasteiger partial charge < -0.3 is 46.1 Å². The Morgan fingerprint density at radius 3 is 1.54 bits per heavy atom. The monoisotopic (exact) mass is 923 g/mol. The highest BCUT2D eigenvalue weighted by atomic mass is 16.6. The maximum atomic E-state index is 12.9. The number of carbonyl (C=O) groups is 5. The van der Waals surface area contributed by atoms with E-state index in [1.165, 1.54) is 0 Å². The molecule has 1 aliphatic rings. The molecular weight excluding hydrogens is 867 g/mol. The zero-order valence-corrected chi connectivity index (χ0v) is 38.0. The van der Waals surface area contributed by atoms with Gasteiger partial charge in [0.25, 0.3) is 6.26 Å². The zero-order chi connectivity index (χ0) is 47.9. The molecule has 17 heteroatoms. The topological polar surface area (TPSA) is 233 Å². The molecule has 354 valence electrons. The van der Waals surface area contributed by atoms with Crippen molar-refractivity contribution >= 4 is 58.7 Å². The summed E-state index contributed by atoms with van der Waals surface area (Å²) < 4.78 is 15.2. The Labute approximate surface area is 395 Å². The molecule has 0 radical (unpaired) electrons. The quantitative estimate of drug-likeness (QED) is 0.0243. The Morgan fingerprint density at radius 2 is 1.01 bits per heavy atom. The van der Waals surface area contributed by atoms with Crippen molar-refractivity contribution in [3.63, 3.8) is 0 Å². The normalized spacial score (nSPS) is 11.9. The van der Waals surface area contributed by atoms with Crippen molar-refractivity contribution in [2.24, 2.45) is 0 Å². The average molecular weight is 924 g/mol. The number of urea groups is 3. The zero-order valence-electron chi connectivity index (χ0n) is 38.0. The van der Waals surface area contributed by atoms with Gasteiger partial charge in [0, 0.05) is 54.0 Å². The van der Waals surface area contributed by atoms with Crippen LogP contribution < -0.4 is 42.5 Å². The van der Waals surface area contributed by atoms with Crippen molar-refractivity contribution in [2.45, 2.75) is 70.9 Å². The van der Waals surface area contributed by atoms with E-state index in [9.17, 15) is 24.0 Å². The van der Waals surface area contributed by atoms with Crippen molar-refractivity contribution in [3.8, 4) is 17.4 Å². The fraction of sp³-hybridized carbons (Fsp3) is 0.294. The number of nitrogens with one attached hydrogen (secondary N) is 8. The fourth-order valence-electron chi connectivity index (χ4n) is 7.52. The van der Waals surface area contributed by atoms with Gasteiger partial charge in [0.2, 0.25) is 0 Å². The van der Waals surface area contributed by atoms with E-state index < -0.39 is 12.2 Å². The Hall–Kier alpha value is -8.26. The lowest BCUT2D eigenvalue weighted by Crippen LogP contribution is -2.30. The first-order valence-electron chi connectivity index (χ1n) is 22.7. The third-order valence-electron chi connectivity index (χ3n) is 10.9. The van der Waals surface area contributed by atoms with Crippen LogP contribution in [-0.2, 0) is 27.4 Å². The Balaban J connectivity index is 0.900. The van der Waals surface area contributed by atoms with Crippen LogP contribution in [-0.4, -0.2) is 56.6 Å². The number of hydrogen-bond acceptors (Lipinski definition) is 9. The highest BCUT2D eigenvalue weighted by Gasteiger charge is 2.29. The molecule has 6 rings (SSSR count). The molecule has 1 atom stereocenters. The number of hydrogen-bond donors (Lipinski definition) is 8. The highest BCUT2D eigenvalue weighted by Crippen LogP contribution is 2.48.